The Morgan fingerprint density at radius 2 is 1.94 bits per heavy atom. The summed E-state index contributed by atoms with van der Waals surface area (Å²) in [5.74, 6) is 0. The third-order valence-corrected chi connectivity index (χ3v) is 1.90. The van der Waals surface area contributed by atoms with Gasteiger partial charge in [-0.2, -0.15) is 13.2 Å². The van der Waals surface area contributed by atoms with E-state index in [0.29, 0.717) is 11.3 Å². The number of halogens is 3. The Bertz CT molecular complexity index is 341. The number of rotatable bonds is 4. The molecule has 0 amide bonds. The van der Waals surface area contributed by atoms with Crippen LogP contribution in [0.3, 0.4) is 0 Å². The molecule has 0 saturated heterocycles. The molecule has 3 nitrogen and oxygen atoms in total. The maximum absolute atomic E-state index is 11.8. The average Bonchev–Trinajstić information content (AvgIpc) is 2.16. The van der Waals surface area contributed by atoms with E-state index >= 15 is 0 Å². The molecule has 6 heteroatoms. The van der Waals surface area contributed by atoms with Crippen molar-refractivity contribution in [2.75, 3.05) is 18.9 Å². The molecule has 1 aromatic rings. The minimum Gasteiger partial charge on any atom is -0.398 e. The third kappa shape index (κ3) is 4.08. The van der Waals surface area contributed by atoms with Crippen molar-refractivity contribution in [1.82, 2.24) is 0 Å². The van der Waals surface area contributed by atoms with Crippen LogP contribution in [0.1, 0.15) is 11.7 Å². The van der Waals surface area contributed by atoms with Gasteiger partial charge in [0.1, 0.15) is 12.7 Å². The maximum atomic E-state index is 11.8. The van der Waals surface area contributed by atoms with E-state index in [1.165, 1.54) is 6.07 Å². The van der Waals surface area contributed by atoms with Gasteiger partial charge in [0.05, 0.1) is 6.61 Å². The molecule has 1 unspecified atom stereocenters. The Labute approximate surface area is 90.6 Å². The number of nitrogen functional groups attached to an aromatic ring is 1. The fraction of sp³-hybridized carbons (Fsp3) is 0.400. The number of hydrogen-bond donors (Lipinski definition) is 2. The fourth-order valence-electron chi connectivity index (χ4n) is 1.19. The maximum Gasteiger partial charge on any atom is 0.411 e. The van der Waals surface area contributed by atoms with Crippen molar-refractivity contribution in [2.45, 2.75) is 12.3 Å². The Balaban J connectivity index is 2.47. The van der Waals surface area contributed by atoms with Crippen molar-refractivity contribution in [3.8, 4) is 0 Å². The smallest absolute Gasteiger partial charge is 0.398 e. The SMILES string of the molecule is Nc1ccccc1C(O)COCC(F)(F)F. The predicted molar refractivity (Wildman–Crippen MR) is 52.7 cm³/mol. The van der Waals surface area contributed by atoms with Crippen LogP contribution in [0.4, 0.5) is 18.9 Å². The lowest BCUT2D eigenvalue weighted by atomic mass is 10.1. The number of ether oxygens (including phenoxy) is 1. The second-order valence-corrected chi connectivity index (χ2v) is 3.28. The summed E-state index contributed by atoms with van der Waals surface area (Å²) in [5, 5.41) is 9.53. The molecule has 0 spiro atoms. The van der Waals surface area contributed by atoms with E-state index in [-0.39, 0.29) is 0 Å². The second kappa shape index (κ2) is 5.18. The molecule has 0 aromatic heterocycles. The van der Waals surface area contributed by atoms with Crippen LogP contribution in [0.15, 0.2) is 24.3 Å². The average molecular weight is 235 g/mol. The highest BCUT2D eigenvalue weighted by Crippen LogP contribution is 2.21. The zero-order valence-electron chi connectivity index (χ0n) is 8.37. The summed E-state index contributed by atoms with van der Waals surface area (Å²) in [6.45, 7) is -1.81. The summed E-state index contributed by atoms with van der Waals surface area (Å²) in [6, 6.07) is 6.40. The monoisotopic (exact) mass is 235 g/mol. The number of nitrogens with two attached hydrogens (primary N) is 1. The zero-order chi connectivity index (χ0) is 12.2. The highest BCUT2D eigenvalue weighted by atomic mass is 19.4. The van der Waals surface area contributed by atoms with Gasteiger partial charge in [0.15, 0.2) is 0 Å². The first-order chi connectivity index (χ1) is 7.40. The van der Waals surface area contributed by atoms with Crippen molar-refractivity contribution in [3.63, 3.8) is 0 Å². The molecular formula is C10H12F3NO2. The standard InChI is InChI=1S/C10H12F3NO2/c11-10(12,13)6-16-5-9(15)7-3-1-2-4-8(7)14/h1-4,9,15H,5-6,14H2. The van der Waals surface area contributed by atoms with Gasteiger partial charge in [-0.3, -0.25) is 0 Å². The van der Waals surface area contributed by atoms with Gasteiger partial charge in [-0.1, -0.05) is 18.2 Å². The van der Waals surface area contributed by atoms with Crippen molar-refractivity contribution < 1.29 is 23.0 Å². The molecule has 90 valence electrons. The molecule has 16 heavy (non-hydrogen) atoms. The largest absolute Gasteiger partial charge is 0.411 e. The van der Waals surface area contributed by atoms with Crippen LogP contribution in [0.5, 0.6) is 0 Å². The fourth-order valence-corrected chi connectivity index (χ4v) is 1.19. The normalized spacial score (nSPS) is 13.8. The van der Waals surface area contributed by atoms with Crippen LogP contribution < -0.4 is 5.73 Å². The molecule has 0 radical (unpaired) electrons. The van der Waals surface area contributed by atoms with Crippen LogP contribution >= 0.6 is 0 Å². The number of anilines is 1. The number of benzene rings is 1. The van der Waals surface area contributed by atoms with Crippen LogP contribution in [0.25, 0.3) is 0 Å². The second-order valence-electron chi connectivity index (χ2n) is 3.28. The van der Waals surface area contributed by atoms with Gasteiger partial charge in [0, 0.05) is 11.3 Å². The molecular weight excluding hydrogens is 223 g/mol. The first kappa shape index (κ1) is 12.8. The summed E-state index contributed by atoms with van der Waals surface area (Å²) >= 11 is 0. The summed E-state index contributed by atoms with van der Waals surface area (Å²) in [5.41, 5.74) is 6.23. The minimum absolute atomic E-state index is 0.325. The predicted octanol–water partition coefficient (Wildman–Crippen LogP) is 1.88. The van der Waals surface area contributed by atoms with Crippen molar-refractivity contribution >= 4 is 5.69 Å². The Kier molecular flexibility index (Phi) is 4.14. The first-order valence-electron chi connectivity index (χ1n) is 4.57. The van der Waals surface area contributed by atoms with Gasteiger partial charge >= 0.3 is 6.18 Å². The lowest BCUT2D eigenvalue weighted by Gasteiger charge is -2.14. The van der Waals surface area contributed by atoms with Crippen molar-refractivity contribution in [2.24, 2.45) is 0 Å². The van der Waals surface area contributed by atoms with Gasteiger partial charge in [0.2, 0.25) is 0 Å². The molecule has 0 aliphatic carbocycles. The summed E-state index contributed by atoms with van der Waals surface area (Å²) in [4.78, 5) is 0. The number of aliphatic hydroxyl groups excluding tert-OH is 1. The Hall–Kier alpha value is -1.27. The molecule has 1 atom stereocenters. The topological polar surface area (TPSA) is 55.5 Å². The molecule has 0 bridgehead atoms. The molecule has 0 fully saturated rings. The lowest BCUT2D eigenvalue weighted by Crippen LogP contribution is -2.20. The van der Waals surface area contributed by atoms with Gasteiger partial charge in [0.25, 0.3) is 0 Å². The van der Waals surface area contributed by atoms with E-state index in [1.807, 2.05) is 0 Å². The molecule has 3 N–H and O–H groups in total. The van der Waals surface area contributed by atoms with Crippen LogP contribution in [-0.2, 0) is 4.74 Å². The molecule has 0 aliphatic rings. The van der Waals surface area contributed by atoms with Gasteiger partial charge < -0.3 is 15.6 Å². The Morgan fingerprint density at radius 1 is 1.31 bits per heavy atom. The zero-order valence-corrected chi connectivity index (χ0v) is 8.37. The van der Waals surface area contributed by atoms with Gasteiger partial charge in [-0.05, 0) is 6.07 Å². The van der Waals surface area contributed by atoms with E-state index < -0.39 is 25.5 Å². The third-order valence-electron chi connectivity index (χ3n) is 1.90. The molecule has 0 aliphatic heterocycles. The van der Waals surface area contributed by atoms with Crippen LogP contribution in [0.2, 0.25) is 0 Å². The van der Waals surface area contributed by atoms with E-state index in [2.05, 4.69) is 4.74 Å². The van der Waals surface area contributed by atoms with Crippen molar-refractivity contribution in [3.05, 3.63) is 29.8 Å². The molecule has 1 aromatic carbocycles. The molecule has 0 heterocycles. The van der Waals surface area contributed by atoms with Gasteiger partial charge in [-0.25, -0.2) is 0 Å². The van der Waals surface area contributed by atoms with Crippen LogP contribution in [0, 0.1) is 0 Å². The number of para-hydroxylation sites is 1. The highest BCUT2D eigenvalue weighted by molar-refractivity contribution is 5.47. The summed E-state index contributed by atoms with van der Waals surface area (Å²) in [6.07, 6.45) is -5.54. The lowest BCUT2D eigenvalue weighted by molar-refractivity contribution is -0.179. The van der Waals surface area contributed by atoms with Crippen molar-refractivity contribution in [1.29, 1.82) is 0 Å². The highest BCUT2D eigenvalue weighted by Gasteiger charge is 2.28. The first-order valence-corrected chi connectivity index (χ1v) is 4.57. The number of hydrogen-bond acceptors (Lipinski definition) is 3. The number of alkyl halides is 3. The number of aliphatic hydroxyl groups is 1. The molecule has 0 saturated carbocycles. The van der Waals surface area contributed by atoms with Crippen LogP contribution in [-0.4, -0.2) is 24.5 Å². The van der Waals surface area contributed by atoms with E-state index in [1.54, 1.807) is 18.2 Å². The summed E-state index contributed by atoms with van der Waals surface area (Å²) in [7, 11) is 0. The minimum atomic E-state index is -4.39. The summed E-state index contributed by atoms with van der Waals surface area (Å²) < 4.78 is 39.6. The Morgan fingerprint density at radius 3 is 2.50 bits per heavy atom. The van der Waals surface area contributed by atoms with E-state index in [0.717, 1.165) is 0 Å². The van der Waals surface area contributed by atoms with Gasteiger partial charge in [-0.15, -0.1) is 0 Å². The quantitative estimate of drug-likeness (QED) is 0.783. The molecule has 1 rings (SSSR count). The van der Waals surface area contributed by atoms with E-state index in [4.69, 9.17) is 5.73 Å². The van der Waals surface area contributed by atoms with E-state index in [9.17, 15) is 18.3 Å².